The standard InChI is InChI=1S/C19H24N4O4/c1-13(2)10-17(27-26)23-18(24)15(11-14-6-4-3-5-7-14)22-19(25)16-12-20-8-9-21-16/h3-9,12-13,15,17,26H,10-11H2,1-2H3,(H,22,25)(H,23,24)/t15-,17-/m1/s1. The minimum atomic E-state index is -0.869. The van der Waals surface area contributed by atoms with E-state index in [0.717, 1.165) is 5.56 Å². The molecule has 1 aromatic heterocycles. The van der Waals surface area contributed by atoms with Crippen molar-refractivity contribution in [1.29, 1.82) is 0 Å². The van der Waals surface area contributed by atoms with E-state index in [0.29, 0.717) is 6.42 Å². The van der Waals surface area contributed by atoms with Crippen LogP contribution in [0.1, 0.15) is 36.3 Å². The fourth-order valence-corrected chi connectivity index (χ4v) is 2.52. The quantitative estimate of drug-likeness (QED) is 0.351. The Bertz CT molecular complexity index is 725. The Morgan fingerprint density at radius 3 is 2.48 bits per heavy atom. The molecule has 0 spiro atoms. The second-order valence-corrected chi connectivity index (χ2v) is 6.54. The Kier molecular flexibility index (Phi) is 7.84. The summed E-state index contributed by atoms with van der Waals surface area (Å²) >= 11 is 0. The van der Waals surface area contributed by atoms with Gasteiger partial charge in [-0.15, -0.1) is 0 Å². The number of hydrogen-bond donors (Lipinski definition) is 3. The smallest absolute Gasteiger partial charge is 0.272 e. The van der Waals surface area contributed by atoms with Crippen LogP contribution in [0.4, 0.5) is 0 Å². The molecule has 0 unspecified atom stereocenters. The van der Waals surface area contributed by atoms with Gasteiger partial charge in [0, 0.05) is 18.8 Å². The molecule has 0 aliphatic carbocycles. The number of aromatic nitrogens is 2. The summed E-state index contributed by atoms with van der Waals surface area (Å²) in [7, 11) is 0. The number of benzene rings is 1. The van der Waals surface area contributed by atoms with E-state index in [1.165, 1.54) is 18.6 Å². The van der Waals surface area contributed by atoms with Crippen LogP contribution in [0.25, 0.3) is 0 Å². The highest BCUT2D eigenvalue weighted by atomic mass is 17.1. The normalized spacial score (nSPS) is 13.0. The number of carbonyl (C=O) groups is 2. The Balaban J connectivity index is 2.13. The third-order valence-electron chi connectivity index (χ3n) is 3.82. The molecule has 27 heavy (non-hydrogen) atoms. The largest absolute Gasteiger partial charge is 0.339 e. The van der Waals surface area contributed by atoms with E-state index in [4.69, 9.17) is 5.26 Å². The van der Waals surface area contributed by atoms with Crippen LogP contribution < -0.4 is 10.6 Å². The lowest BCUT2D eigenvalue weighted by atomic mass is 10.0. The van der Waals surface area contributed by atoms with Gasteiger partial charge in [-0.25, -0.2) is 15.1 Å². The van der Waals surface area contributed by atoms with Gasteiger partial charge in [0.15, 0.2) is 6.23 Å². The van der Waals surface area contributed by atoms with Gasteiger partial charge in [-0.3, -0.25) is 14.6 Å². The SMILES string of the molecule is CC(C)C[C@H](NC(=O)[C@@H](Cc1ccccc1)NC(=O)c1cnccn1)OO. The van der Waals surface area contributed by atoms with Crippen LogP contribution in [0, 0.1) is 5.92 Å². The molecule has 0 saturated carbocycles. The van der Waals surface area contributed by atoms with Crippen molar-refractivity contribution in [2.75, 3.05) is 0 Å². The van der Waals surface area contributed by atoms with Gasteiger partial charge in [0.25, 0.3) is 5.91 Å². The minimum absolute atomic E-state index is 0.112. The number of nitrogens with one attached hydrogen (secondary N) is 2. The van der Waals surface area contributed by atoms with Crippen molar-refractivity contribution in [3.8, 4) is 0 Å². The van der Waals surface area contributed by atoms with Crippen molar-refractivity contribution in [1.82, 2.24) is 20.6 Å². The molecule has 0 aliphatic heterocycles. The Labute approximate surface area is 157 Å². The first-order chi connectivity index (χ1) is 13.0. The zero-order chi connectivity index (χ0) is 19.6. The molecule has 0 aliphatic rings. The van der Waals surface area contributed by atoms with E-state index in [9.17, 15) is 9.59 Å². The maximum absolute atomic E-state index is 12.7. The number of hydrogen-bond acceptors (Lipinski definition) is 6. The predicted molar refractivity (Wildman–Crippen MR) is 98.5 cm³/mol. The molecule has 0 saturated heterocycles. The third kappa shape index (κ3) is 6.76. The van der Waals surface area contributed by atoms with Gasteiger partial charge in [0.1, 0.15) is 11.7 Å². The molecule has 0 radical (unpaired) electrons. The van der Waals surface area contributed by atoms with Crippen LogP contribution in [0.5, 0.6) is 0 Å². The van der Waals surface area contributed by atoms with Gasteiger partial charge < -0.3 is 10.6 Å². The highest BCUT2D eigenvalue weighted by molar-refractivity contribution is 5.96. The first-order valence-electron chi connectivity index (χ1n) is 8.71. The topological polar surface area (TPSA) is 113 Å². The molecule has 0 fully saturated rings. The summed E-state index contributed by atoms with van der Waals surface area (Å²) in [6.45, 7) is 3.88. The second kappa shape index (κ2) is 10.3. The van der Waals surface area contributed by atoms with Crippen molar-refractivity contribution < 1.29 is 19.7 Å². The lowest BCUT2D eigenvalue weighted by molar-refractivity contribution is -0.287. The number of amides is 2. The summed E-state index contributed by atoms with van der Waals surface area (Å²) in [5, 5.41) is 14.3. The fraction of sp³-hybridized carbons (Fsp3) is 0.368. The molecular weight excluding hydrogens is 348 g/mol. The molecule has 2 aromatic rings. The third-order valence-corrected chi connectivity index (χ3v) is 3.82. The molecule has 144 valence electrons. The summed E-state index contributed by atoms with van der Waals surface area (Å²) in [6, 6.07) is 8.44. The molecule has 3 N–H and O–H groups in total. The maximum atomic E-state index is 12.7. The second-order valence-electron chi connectivity index (χ2n) is 6.54. The highest BCUT2D eigenvalue weighted by Crippen LogP contribution is 2.08. The maximum Gasteiger partial charge on any atom is 0.272 e. The molecular formula is C19H24N4O4. The van der Waals surface area contributed by atoms with Gasteiger partial charge in [0.2, 0.25) is 5.91 Å². The average molecular weight is 372 g/mol. The predicted octanol–water partition coefficient (Wildman–Crippen LogP) is 1.80. The van der Waals surface area contributed by atoms with Crippen LogP contribution in [0.3, 0.4) is 0 Å². The van der Waals surface area contributed by atoms with E-state index in [-0.39, 0.29) is 18.0 Å². The lowest BCUT2D eigenvalue weighted by Gasteiger charge is -2.22. The van der Waals surface area contributed by atoms with Crippen molar-refractivity contribution in [3.05, 3.63) is 60.2 Å². The van der Waals surface area contributed by atoms with Crippen LogP contribution in [0.2, 0.25) is 0 Å². The molecule has 1 aromatic carbocycles. The Hall–Kier alpha value is -2.84. The van der Waals surface area contributed by atoms with Crippen LogP contribution in [-0.2, 0) is 16.1 Å². The summed E-state index contributed by atoms with van der Waals surface area (Å²) in [6.07, 6.45) is 4.03. The van der Waals surface area contributed by atoms with Gasteiger partial charge in [0.05, 0.1) is 6.20 Å². The average Bonchev–Trinajstić information content (AvgIpc) is 2.68. The first kappa shape index (κ1) is 20.5. The minimum Gasteiger partial charge on any atom is -0.339 e. The molecule has 0 bridgehead atoms. The van der Waals surface area contributed by atoms with E-state index in [2.05, 4.69) is 25.5 Å². The monoisotopic (exact) mass is 372 g/mol. The Morgan fingerprint density at radius 2 is 1.89 bits per heavy atom. The van der Waals surface area contributed by atoms with Crippen LogP contribution in [0.15, 0.2) is 48.9 Å². The molecule has 2 amide bonds. The van der Waals surface area contributed by atoms with E-state index < -0.39 is 24.1 Å². The summed E-state index contributed by atoms with van der Waals surface area (Å²) < 4.78 is 0. The van der Waals surface area contributed by atoms with Crippen molar-refractivity contribution in [2.45, 2.75) is 39.0 Å². The van der Waals surface area contributed by atoms with Crippen LogP contribution >= 0.6 is 0 Å². The van der Waals surface area contributed by atoms with E-state index in [1.54, 1.807) is 0 Å². The molecule has 8 heteroatoms. The van der Waals surface area contributed by atoms with Gasteiger partial charge in [-0.1, -0.05) is 44.2 Å². The zero-order valence-corrected chi connectivity index (χ0v) is 15.3. The number of nitrogens with zero attached hydrogens (tertiary/aromatic N) is 2. The Morgan fingerprint density at radius 1 is 1.15 bits per heavy atom. The van der Waals surface area contributed by atoms with Gasteiger partial charge in [-0.05, 0) is 17.9 Å². The zero-order valence-electron chi connectivity index (χ0n) is 15.3. The van der Waals surface area contributed by atoms with E-state index in [1.807, 2.05) is 44.2 Å². The summed E-state index contributed by atoms with van der Waals surface area (Å²) in [5.74, 6) is -0.774. The highest BCUT2D eigenvalue weighted by Gasteiger charge is 2.25. The first-order valence-corrected chi connectivity index (χ1v) is 8.71. The molecule has 8 nitrogen and oxygen atoms in total. The summed E-state index contributed by atoms with van der Waals surface area (Å²) in [4.78, 5) is 37.3. The van der Waals surface area contributed by atoms with Gasteiger partial charge in [-0.2, -0.15) is 0 Å². The van der Waals surface area contributed by atoms with Crippen LogP contribution in [-0.4, -0.2) is 39.3 Å². The van der Waals surface area contributed by atoms with Crippen molar-refractivity contribution >= 4 is 11.8 Å². The fourth-order valence-electron chi connectivity index (χ4n) is 2.52. The van der Waals surface area contributed by atoms with Crippen molar-refractivity contribution in [3.63, 3.8) is 0 Å². The van der Waals surface area contributed by atoms with Gasteiger partial charge >= 0.3 is 0 Å². The molecule has 1 heterocycles. The molecule has 2 rings (SSSR count). The number of carbonyl (C=O) groups excluding carboxylic acids is 2. The lowest BCUT2D eigenvalue weighted by Crippen LogP contribution is -2.51. The molecule has 2 atom stereocenters. The number of rotatable bonds is 9. The van der Waals surface area contributed by atoms with E-state index >= 15 is 0 Å². The van der Waals surface area contributed by atoms with Crippen molar-refractivity contribution in [2.24, 2.45) is 5.92 Å². The summed E-state index contributed by atoms with van der Waals surface area (Å²) in [5.41, 5.74) is 0.989.